The Morgan fingerprint density at radius 1 is 0.918 bits per heavy atom. The van der Waals surface area contributed by atoms with E-state index in [0.717, 1.165) is 21.3 Å². The minimum atomic E-state index is -1.30. The highest BCUT2D eigenvalue weighted by atomic mass is 32.1. The van der Waals surface area contributed by atoms with E-state index in [-0.39, 0.29) is 11.6 Å². The van der Waals surface area contributed by atoms with Crippen LogP contribution >= 0.6 is 11.3 Å². The van der Waals surface area contributed by atoms with Gasteiger partial charge in [-0.15, -0.1) is 26.5 Å². The van der Waals surface area contributed by atoms with Crippen molar-refractivity contribution in [3.05, 3.63) is 52.5 Å². The van der Waals surface area contributed by atoms with Crippen LogP contribution in [0.1, 0.15) is 102 Å². The first-order valence-electron chi connectivity index (χ1n) is 15.5. The van der Waals surface area contributed by atoms with Gasteiger partial charge in [-0.1, -0.05) is 5.10 Å². The molecule has 49 heavy (non-hydrogen) atoms. The van der Waals surface area contributed by atoms with Crippen molar-refractivity contribution in [1.29, 1.82) is 0 Å². The van der Waals surface area contributed by atoms with Gasteiger partial charge >= 0.3 is 36.1 Å². The molecule has 1 unspecified atom stereocenters. The number of fused-ring (bicyclic) bond motifs is 2. The first-order chi connectivity index (χ1) is 22.7. The molecule has 4 aromatic rings. The van der Waals surface area contributed by atoms with Gasteiger partial charge in [0.05, 0.1) is 17.7 Å². The van der Waals surface area contributed by atoms with E-state index in [1.54, 1.807) is 86.2 Å². The van der Waals surface area contributed by atoms with Crippen LogP contribution in [0.3, 0.4) is 0 Å². The number of thiophene rings is 1. The highest BCUT2D eigenvalue weighted by molar-refractivity contribution is 7.17. The Labute approximate surface area is 286 Å². The maximum atomic E-state index is 14.2. The fourth-order valence-electron chi connectivity index (χ4n) is 4.91. The molecule has 17 heteroatoms. The molecule has 262 valence electrons. The van der Waals surface area contributed by atoms with E-state index in [4.69, 9.17) is 23.6 Å². The fourth-order valence-corrected chi connectivity index (χ4v) is 5.87. The van der Waals surface area contributed by atoms with Crippen LogP contribution in [0.4, 0.5) is 20.4 Å². The van der Waals surface area contributed by atoms with Gasteiger partial charge in [0.15, 0.2) is 0 Å². The zero-order valence-corrected chi connectivity index (χ0v) is 29.9. The second-order valence-corrected chi connectivity index (χ2v) is 15.3. The van der Waals surface area contributed by atoms with Gasteiger partial charge < -0.3 is 28.5 Å². The Balaban J connectivity index is 1.56. The molecule has 4 aromatic heterocycles. The number of H-pyrrole nitrogens is 1. The Morgan fingerprint density at radius 3 is 2.14 bits per heavy atom. The maximum absolute atomic E-state index is 14.2. The number of nitrogens with zero attached hydrogens (tertiary/aromatic N) is 7. The predicted molar refractivity (Wildman–Crippen MR) is 177 cm³/mol. The molecule has 1 aliphatic heterocycles. The van der Waals surface area contributed by atoms with Gasteiger partial charge in [-0.2, -0.15) is 0 Å². The third-order valence-corrected chi connectivity index (χ3v) is 7.88. The van der Waals surface area contributed by atoms with Crippen LogP contribution < -0.4 is 5.01 Å². The monoisotopic (exact) mass is 696 g/mol. The Bertz CT molecular complexity index is 1870. The van der Waals surface area contributed by atoms with E-state index in [1.165, 1.54) is 4.90 Å². The molecule has 4 amide bonds. The van der Waals surface area contributed by atoms with Crippen LogP contribution in [0.15, 0.2) is 28.4 Å². The van der Waals surface area contributed by atoms with Crippen molar-refractivity contribution in [2.24, 2.45) is 0 Å². The molecule has 1 aliphatic rings. The molecule has 5 heterocycles. The molecule has 5 rings (SSSR count). The van der Waals surface area contributed by atoms with E-state index in [0.29, 0.717) is 22.8 Å². The van der Waals surface area contributed by atoms with Crippen LogP contribution in [0.2, 0.25) is 0 Å². The number of carbonyl (C=O) groups excluding carboxylic acids is 4. The number of hydrogen-bond donors (Lipinski definition) is 1. The molecule has 0 bridgehead atoms. The zero-order chi connectivity index (χ0) is 36.1. The highest BCUT2D eigenvalue weighted by Gasteiger charge is 2.45. The number of amides is 4. The normalized spacial score (nSPS) is 15.1. The first kappa shape index (κ1) is 35.3. The van der Waals surface area contributed by atoms with Crippen molar-refractivity contribution in [2.45, 2.75) is 98.5 Å². The zero-order valence-electron chi connectivity index (χ0n) is 29.1. The average molecular weight is 697 g/mol. The number of pyridine rings is 1. The van der Waals surface area contributed by atoms with Gasteiger partial charge in [-0.25, -0.2) is 19.4 Å². The van der Waals surface area contributed by atoms with E-state index in [1.807, 2.05) is 18.4 Å². The molecular formula is C32H40N8O8S. The van der Waals surface area contributed by atoms with Crippen LogP contribution in [-0.2, 0) is 20.6 Å². The predicted octanol–water partition coefficient (Wildman–Crippen LogP) is 6.33. The summed E-state index contributed by atoms with van der Waals surface area (Å²) in [6, 6.07) is 0.480. The topological polar surface area (TPSA) is 186 Å². The van der Waals surface area contributed by atoms with E-state index in [9.17, 15) is 19.2 Å². The summed E-state index contributed by atoms with van der Waals surface area (Å²) in [5.74, 6) is -1.24. The van der Waals surface area contributed by atoms with E-state index < -0.39 is 58.9 Å². The van der Waals surface area contributed by atoms with Gasteiger partial charge in [0.25, 0.3) is 0 Å². The largest absolute Gasteiger partial charge is 0.442 e. The van der Waals surface area contributed by atoms with Gasteiger partial charge in [-0.3, -0.25) is 9.78 Å². The van der Waals surface area contributed by atoms with Crippen molar-refractivity contribution in [1.82, 2.24) is 35.1 Å². The van der Waals surface area contributed by atoms with Crippen LogP contribution in [-0.4, -0.2) is 82.6 Å². The standard InChI is InChI=1S/C32H40N8O8S/c1-17-15-49-21-13-20(33-14-18(17)21)23-22-19(34-16-35-22)11-12-38(23)25(41)24-36-37-26(45-24)39(27(42)46-30(2,3)4)40(28(43)47-31(5,6)7)29(44)48-32(8,9)10/h13-16,23H,11-12H2,1-10H3,(H,34,35). The summed E-state index contributed by atoms with van der Waals surface area (Å²) in [6.07, 6.45) is -0.0744. The van der Waals surface area contributed by atoms with Gasteiger partial charge in [0.1, 0.15) is 22.8 Å². The molecule has 0 spiro atoms. The Hall–Kier alpha value is -5.06. The Morgan fingerprint density at radius 2 is 1.53 bits per heavy atom. The summed E-state index contributed by atoms with van der Waals surface area (Å²) in [6.45, 7) is 16.4. The lowest BCUT2D eigenvalue weighted by Crippen LogP contribution is -2.56. The first-order valence-corrected chi connectivity index (χ1v) is 16.4. The second-order valence-electron chi connectivity index (χ2n) is 14.4. The molecule has 1 atom stereocenters. The third-order valence-electron chi connectivity index (χ3n) is 6.82. The number of aromatic amines is 1. The van der Waals surface area contributed by atoms with Crippen LogP contribution in [0.25, 0.3) is 10.1 Å². The van der Waals surface area contributed by atoms with Gasteiger partial charge in [0, 0.05) is 34.9 Å². The lowest BCUT2D eigenvalue weighted by molar-refractivity contribution is -0.00800. The third kappa shape index (κ3) is 7.82. The summed E-state index contributed by atoms with van der Waals surface area (Å²) in [5, 5.41) is 11.5. The summed E-state index contributed by atoms with van der Waals surface area (Å²) < 4.78 is 23.2. The number of carbonyl (C=O) groups is 4. The van der Waals surface area contributed by atoms with Gasteiger partial charge in [0.2, 0.25) is 0 Å². The number of aryl methyl sites for hydroxylation is 1. The molecule has 0 aromatic carbocycles. The lowest BCUT2D eigenvalue weighted by atomic mass is 9.98. The number of imidazole rings is 1. The number of aromatic nitrogens is 5. The minimum Gasteiger partial charge on any atom is -0.442 e. The molecule has 0 fully saturated rings. The average Bonchev–Trinajstić information content (AvgIpc) is 3.72. The molecule has 16 nitrogen and oxygen atoms in total. The summed E-state index contributed by atoms with van der Waals surface area (Å²) in [4.78, 5) is 68.7. The summed E-state index contributed by atoms with van der Waals surface area (Å²) in [7, 11) is 0. The Kier molecular flexibility index (Phi) is 9.18. The summed E-state index contributed by atoms with van der Waals surface area (Å²) >= 11 is 1.57. The molecule has 1 N–H and O–H groups in total. The van der Waals surface area contributed by atoms with Crippen LogP contribution in [0.5, 0.6) is 0 Å². The van der Waals surface area contributed by atoms with E-state index in [2.05, 4.69) is 20.2 Å². The number of rotatable bonds is 3. The smallest absolute Gasteiger partial charge is 0.440 e. The number of anilines is 1. The lowest BCUT2D eigenvalue weighted by Gasteiger charge is -2.34. The number of nitrogens with one attached hydrogen (secondary N) is 1. The number of hydrazine groups is 1. The summed E-state index contributed by atoms with van der Waals surface area (Å²) in [5.41, 5.74) is -0.163. The second kappa shape index (κ2) is 12.8. The fraction of sp³-hybridized carbons (Fsp3) is 0.500. The van der Waals surface area contributed by atoms with Gasteiger partial charge in [-0.05, 0) is 86.2 Å². The SMILES string of the molecule is Cc1csc2cc(C3c4nc[nH]c4CCN3C(=O)c3nnc(N(C(=O)OC(C)(C)C)N(C(=O)OC(C)(C)C)C(=O)OC(C)(C)C)o3)ncc12. The minimum absolute atomic E-state index is 0.233. The maximum Gasteiger partial charge on any atom is 0.440 e. The van der Waals surface area contributed by atoms with Crippen LogP contribution in [0, 0.1) is 6.92 Å². The molecule has 0 saturated heterocycles. The van der Waals surface area contributed by atoms with Crippen molar-refractivity contribution < 1.29 is 37.8 Å². The number of ether oxygens (including phenoxy) is 3. The van der Waals surface area contributed by atoms with Crippen molar-refractivity contribution in [2.75, 3.05) is 11.6 Å². The van der Waals surface area contributed by atoms with Crippen molar-refractivity contribution >= 4 is 51.6 Å². The molecule has 0 aliphatic carbocycles. The quantitative estimate of drug-likeness (QED) is 0.186. The molecule has 0 radical (unpaired) electrons. The van der Waals surface area contributed by atoms with Crippen molar-refractivity contribution in [3.63, 3.8) is 0 Å². The molecule has 0 saturated carbocycles. The molecular weight excluding hydrogens is 656 g/mol. The number of imide groups is 1. The highest BCUT2D eigenvalue weighted by Crippen LogP contribution is 2.36. The number of hydrogen-bond acceptors (Lipinski definition) is 13. The van der Waals surface area contributed by atoms with E-state index >= 15 is 0 Å². The van der Waals surface area contributed by atoms with Crippen molar-refractivity contribution in [3.8, 4) is 0 Å².